The number of rotatable bonds is 1. The lowest BCUT2D eigenvalue weighted by Crippen LogP contribution is -2.06. The molecule has 0 heterocycles. The van der Waals surface area contributed by atoms with Crippen LogP contribution >= 0.6 is 0 Å². The lowest BCUT2D eigenvalue weighted by molar-refractivity contribution is 0.326. The minimum atomic E-state index is 0.254. The van der Waals surface area contributed by atoms with Crippen LogP contribution in [0.4, 0.5) is 0 Å². The van der Waals surface area contributed by atoms with Crippen molar-refractivity contribution in [2.75, 3.05) is 6.61 Å². The van der Waals surface area contributed by atoms with Gasteiger partial charge >= 0.3 is 0 Å². The number of hydrogen-bond acceptors (Lipinski definition) is 1. The van der Waals surface area contributed by atoms with Crippen LogP contribution in [0.2, 0.25) is 0 Å². The first kappa shape index (κ1) is 8.79. The van der Waals surface area contributed by atoms with Gasteiger partial charge in [-0.1, -0.05) is 12.5 Å². The fourth-order valence-electron chi connectivity index (χ4n) is 1.65. The molecule has 0 aliphatic heterocycles. The molecule has 0 aromatic heterocycles. The van der Waals surface area contributed by atoms with E-state index in [1.54, 1.807) is 0 Å². The summed E-state index contributed by atoms with van der Waals surface area (Å²) in [6, 6.07) is 0. The van der Waals surface area contributed by atoms with E-state index in [0.29, 0.717) is 0 Å². The number of allylic oxidation sites excluding steroid dienone is 1. The van der Waals surface area contributed by atoms with Gasteiger partial charge < -0.3 is 5.11 Å². The molecule has 1 aliphatic rings. The molecule has 0 atom stereocenters. The molecule has 1 rings (SSSR count). The van der Waals surface area contributed by atoms with E-state index in [2.05, 4.69) is 6.92 Å². The molecule has 0 saturated heterocycles. The predicted molar refractivity (Wildman–Crippen MR) is 47.4 cm³/mol. The van der Waals surface area contributed by atoms with E-state index in [4.69, 9.17) is 5.11 Å². The highest BCUT2D eigenvalue weighted by molar-refractivity contribution is 5.14. The molecule has 1 N–H and O–H groups in total. The molecular formula is C10H18O. The van der Waals surface area contributed by atoms with Gasteiger partial charge in [-0.15, -0.1) is 0 Å². The monoisotopic (exact) mass is 154 g/mol. The zero-order chi connectivity index (χ0) is 8.27. The first-order valence-electron chi connectivity index (χ1n) is 4.52. The minimum absolute atomic E-state index is 0.254. The van der Waals surface area contributed by atoms with E-state index in [-0.39, 0.29) is 6.61 Å². The summed E-state index contributed by atoms with van der Waals surface area (Å²) in [4.78, 5) is 0. The Morgan fingerprint density at radius 2 is 2.00 bits per heavy atom. The molecule has 1 heteroatoms. The molecule has 0 spiro atoms. The normalized spacial score (nSPS) is 25.4. The summed E-state index contributed by atoms with van der Waals surface area (Å²) >= 11 is 0. The van der Waals surface area contributed by atoms with Crippen molar-refractivity contribution >= 4 is 0 Å². The van der Waals surface area contributed by atoms with Crippen molar-refractivity contribution in [3.63, 3.8) is 0 Å². The van der Waals surface area contributed by atoms with E-state index in [1.807, 2.05) is 6.92 Å². The third-order valence-corrected chi connectivity index (χ3v) is 2.72. The number of hydrogen-bond donors (Lipinski definition) is 1. The van der Waals surface area contributed by atoms with Gasteiger partial charge in [0.25, 0.3) is 0 Å². The van der Waals surface area contributed by atoms with Crippen LogP contribution in [0.5, 0.6) is 0 Å². The van der Waals surface area contributed by atoms with Crippen LogP contribution in [0, 0.1) is 5.92 Å². The summed E-state index contributed by atoms with van der Waals surface area (Å²) in [5.74, 6) is 0.894. The van der Waals surface area contributed by atoms with E-state index >= 15 is 0 Å². The highest BCUT2D eigenvalue weighted by Gasteiger charge is 2.13. The van der Waals surface area contributed by atoms with Gasteiger partial charge in [-0.3, -0.25) is 0 Å². The van der Waals surface area contributed by atoms with Crippen molar-refractivity contribution < 1.29 is 5.11 Å². The van der Waals surface area contributed by atoms with Gasteiger partial charge in [-0.05, 0) is 44.1 Å². The standard InChI is InChI=1S/C10H18O/c1-8-3-5-10(6-4-8)9(2)7-11/h8,11H,3-7H2,1-2H3. The Bertz CT molecular complexity index is 148. The second-order valence-electron chi connectivity index (χ2n) is 3.72. The van der Waals surface area contributed by atoms with Crippen LogP contribution in [0.3, 0.4) is 0 Å². The topological polar surface area (TPSA) is 20.2 Å². The van der Waals surface area contributed by atoms with E-state index in [0.717, 1.165) is 5.92 Å². The van der Waals surface area contributed by atoms with Gasteiger partial charge in [0.05, 0.1) is 6.61 Å². The minimum Gasteiger partial charge on any atom is -0.392 e. The Kier molecular flexibility index (Phi) is 3.13. The van der Waals surface area contributed by atoms with Crippen LogP contribution in [0.15, 0.2) is 11.1 Å². The smallest absolute Gasteiger partial charge is 0.0641 e. The van der Waals surface area contributed by atoms with Gasteiger partial charge in [-0.25, -0.2) is 0 Å². The Morgan fingerprint density at radius 3 is 2.45 bits per heavy atom. The maximum absolute atomic E-state index is 8.90. The van der Waals surface area contributed by atoms with Gasteiger partial charge in [0.2, 0.25) is 0 Å². The predicted octanol–water partition coefficient (Wildman–Crippen LogP) is 2.51. The fraction of sp³-hybridized carbons (Fsp3) is 0.800. The summed E-state index contributed by atoms with van der Waals surface area (Å²) in [7, 11) is 0. The molecule has 0 bridgehead atoms. The molecule has 0 aromatic carbocycles. The second kappa shape index (κ2) is 3.91. The van der Waals surface area contributed by atoms with Gasteiger partial charge in [-0.2, -0.15) is 0 Å². The summed E-state index contributed by atoms with van der Waals surface area (Å²) < 4.78 is 0. The van der Waals surface area contributed by atoms with Crippen molar-refractivity contribution in [3.05, 3.63) is 11.1 Å². The van der Waals surface area contributed by atoms with Gasteiger partial charge in [0.1, 0.15) is 0 Å². The molecule has 0 amide bonds. The van der Waals surface area contributed by atoms with E-state index in [1.165, 1.54) is 36.8 Å². The lowest BCUT2D eigenvalue weighted by Gasteiger charge is -2.21. The maximum Gasteiger partial charge on any atom is 0.0641 e. The zero-order valence-corrected chi connectivity index (χ0v) is 7.56. The molecule has 0 aromatic rings. The first-order valence-corrected chi connectivity index (χ1v) is 4.52. The highest BCUT2D eigenvalue weighted by Crippen LogP contribution is 2.29. The Hall–Kier alpha value is -0.300. The first-order chi connectivity index (χ1) is 5.24. The summed E-state index contributed by atoms with van der Waals surface area (Å²) in [6.45, 7) is 4.61. The van der Waals surface area contributed by atoms with Crippen LogP contribution in [-0.4, -0.2) is 11.7 Å². The molecular weight excluding hydrogens is 136 g/mol. The summed E-state index contributed by atoms with van der Waals surface area (Å²) in [5.41, 5.74) is 2.71. The fourth-order valence-corrected chi connectivity index (χ4v) is 1.65. The van der Waals surface area contributed by atoms with E-state index < -0.39 is 0 Å². The van der Waals surface area contributed by atoms with Crippen molar-refractivity contribution in [1.29, 1.82) is 0 Å². The Labute approximate surface area is 69.1 Å². The van der Waals surface area contributed by atoms with Crippen molar-refractivity contribution in [2.45, 2.75) is 39.5 Å². The molecule has 0 radical (unpaired) electrons. The average molecular weight is 154 g/mol. The zero-order valence-electron chi connectivity index (χ0n) is 7.56. The largest absolute Gasteiger partial charge is 0.392 e. The summed E-state index contributed by atoms with van der Waals surface area (Å²) in [6.07, 6.45) is 5.06. The van der Waals surface area contributed by atoms with Crippen molar-refractivity contribution in [2.24, 2.45) is 5.92 Å². The number of aliphatic hydroxyl groups is 1. The maximum atomic E-state index is 8.90. The number of aliphatic hydroxyl groups excluding tert-OH is 1. The summed E-state index contributed by atoms with van der Waals surface area (Å²) in [5, 5.41) is 8.90. The molecule has 1 saturated carbocycles. The van der Waals surface area contributed by atoms with Crippen LogP contribution in [0.25, 0.3) is 0 Å². The molecule has 1 nitrogen and oxygen atoms in total. The van der Waals surface area contributed by atoms with Gasteiger partial charge in [0.15, 0.2) is 0 Å². The molecule has 1 aliphatic carbocycles. The van der Waals surface area contributed by atoms with Crippen molar-refractivity contribution in [1.82, 2.24) is 0 Å². The second-order valence-corrected chi connectivity index (χ2v) is 3.72. The van der Waals surface area contributed by atoms with Crippen LogP contribution in [-0.2, 0) is 0 Å². The highest BCUT2D eigenvalue weighted by atomic mass is 16.3. The third kappa shape index (κ3) is 2.33. The molecule has 11 heavy (non-hydrogen) atoms. The third-order valence-electron chi connectivity index (χ3n) is 2.72. The average Bonchev–Trinajstić information content (AvgIpc) is 2.05. The quantitative estimate of drug-likeness (QED) is 0.575. The lowest BCUT2D eigenvalue weighted by atomic mass is 9.85. The molecule has 0 unspecified atom stereocenters. The Balaban J connectivity index is 2.50. The molecule has 64 valence electrons. The van der Waals surface area contributed by atoms with Crippen molar-refractivity contribution in [3.8, 4) is 0 Å². The van der Waals surface area contributed by atoms with E-state index in [9.17, 15) is 0 Å². The molecule has 1 fully saturated rings. The van der Waals surface area contributed by atoms with Gasteiger partial charge in [0, 0.05) is 0 Å². The van der Waals surface area contributed by atoms with Crippen LogP contribution in [0.1, 0.15) is 39.5 Å². The Morgan fingerprint density at radius 1 is 1.45 bits per heavy atom. The SMILES string of the molecule is CC(CO)=C1CCC(C)CC1. The van der Waals surface area contributed by atoms with Crippen LogP contribution < -0.4 is 0 Å².